The van der Waals surface area contributed by atoms with Crippen LogP contribution in [0.15, 0.2) is 28.2 Å². The quantitative estimate of drug-likeness (QED) is 0.587. The highest BCUT2D eigenvalue weighted by Crippen LogP contribution is 2.35. The molecule has 3 N–H and O–H groups in total. The molecule has 4 rings (SSSR count). The highest BCUT2D eigenvalue weighted by molar-refractivity contribution is 7.21. The van der Waals surface area contributed by atoms with Crippen LogP contribution in [0.5, 0.6) is 0 Å². The normalized spacial score (nSPS) is 17.3. The van der Waals surface area contributed by atoms with Crippen LogP contribution in [0.3, 0.4) is 0 Å². The predicted molar refractivity (Wildman–Crippen MR) is 97.7 cm³/mol. The Morgan fingerprint density at radius 3 is 3.08 bits per heavy atom. The van der Waals surface area contributed by atoms with Gasteiger partial charge in [-0.25, -0.2) is 14.8 Å². The smallest absolute Gasteiger partial charge is 0.325 e. The van der Waals surface area contributed by atoms with Crippen LogP contribution < -0.4 is 16.1 Å². The van der Waals surface area contributed by atoms with Gasteiger partial charge in [-0.3, -0.25) is 9.78 Å². The van der Waals surface area contributed by atoms with Gasteiger partial charge >= 0.3 is 5.69 Å². The number of aromatic nitrogens is 4. The van der Waals surface area contributed by atoms with Gasteiger partial charge in [-0.1, -0.05) is 0 Å². The molecule has 0 bridgehead atoms. The van der Waals surface area contributed by atoms with Crippen molar-refractivity contribution in [1.82, 2.24) is 19.9 Å². The maximum absolute atomic E-state index is 12.0. The number of aliphatic hydroxyl groups is 1. The van der Waals surface area contributed by atoms with Gasteiger partial charge in [0.2, 0.25) is 0 Å². The predicted octanol–water partition coefficient (Wildman–Crippen LogP) is 0.322. The van der Waals surface area contributed by atoms with Gasteiger partial charge in [0, 0.05) is 24.2 Å². The average Bonchev–Trinajstić information content (AvgIpc) is 3.26. The van der Waals surface area contributed by atoms with Gasteiger partial charge in [-0.2, -0.15) is 0 Å². The Hall–Kier alpha value is -2.56. The van der Waals surface area contributed by atoms with Crippen molar-refractivity contribution in [1.29, 1.82) is 0 Å². The summed E-state index contributed by atoms with van der Waals surface area (Å²) >= 11 is 1.37. The maximum Gasteiger partial charge on any atom is 0.325 e. The molecule has 1 atom stereocenters. The fraction of sp³-hybridized carbons (Fsp3) is 0.375. The van der Waals surface area contributed by atoms with E-state index < -0.39 is 11.2 Å². The highest BCUT2D eigenvalue weighted by atomic mass is 32.1. The Balaban J connectivity index is 1.68. The van der Waals surface area contributed by atoms with E-state index in [1.54, 1.807) is 0 Å². The number of fused-ring (bicyclic) bond motifs is 1. The summed E-state index contributed by atoms with van der Waals surface area (Å²) in [5.41, 5.74) is -0.580. The molecule has 136 valence electrons. The maximum atomic E-state index is 12.0. The molecule has 1 saturated heterocycles. The minimum absolute atomic E-state index is 0.00978. The first-order chi connectivity index (χ1) is 12.7. The van der Waals surface area contributed by atoms with E-state index in [4.69, 9.17) is 9.84 Å². The number of hydrogen-bond acceptors (Lipinski definition) is 8. The molecule has 0 aromatic carbocycles. The number of nitrogens with one attached hydrogen (secondary N) is 2. The van der Waals surface area contributed by atoms with Crippen LogP contribution in [0, 0.1) is 0 Å². The molecule has 3 aromatic heterocycles. The van der Waals surface area contributed by atoms with Crippen molar-refractivity contribution in [3.05, 3.63) is 39.4 Å². The molecule has 0 radical (unpaired) electrons. The van der Waals surface area contributed by atoms with E-state index in [-0.39, 0.29) is 12.7 Å². The van der Waals surface area contributed by atoms with E-state index in [0.717, 1.165) is 29.0 Å². The molecule has 1 unspecified atom stereocenters. The van der Waals surface area contributed by atoms with Crippen molar-refractivity contribution < 1.29 is 9.84 Å². The van der Waals surface area contributed by atoms with E-state index in [2.05, 4.69) is 24.8 Å². The van der Waals surface area contributed by atoms with Crippen LogP contribution in [0.4, 0.5) is 5.82 Å². The molecule has 1 fully saturated rings. The summed E-state index contributed by atoms with van der Waals surface area (Å²) in [6.45, 7) is 1.83. The minimum atomic E-state index is -0.536. The summed E-state index contributed by atoms with van der Waals surface area (Å²) < 4.78 is 5.61. The second kappa shape index (κ2) is 6.98. The third-order valence-electron chi connectivity index (χ3n) is 4.28. The minimum Gasteiger partial charge on any atom is -0.394 e. The fourth-order valence-corrected chi connectivity index (χ4v) is 4.10. The molecule has 0 amide bonds. The molecule has 9 nitrogen and oxygen atoms in total. The van der Waals surface area contributed by atoms with Crippen molar-refractivity contribution in [3.8, 4) is 10.4 Å². The van der Waals surface area contributed by atoms with E-state index >= 15 is 0 Å². The second-order valence-corrected chi connectivity index (χ2v) is 6.99. The number of aliphatic hydroxyl groups excluding tert-OH is 1. The summed E-state index contributed by atoms with van der Waals surface area (Å²) in [6, 6.07) is 1.88. The van der Waals surface area contributed by atoms with Crippen LogP contribution in [0.2, 0.25) is 0 Å². The zero-order chi connectivity index (χ0) is 18.1. The Bertz CT molecular complexity index is 1040. The first-order valence-electron chi connectivity index (χ1n) is 8.20. The van der Waals surface area contributed by atoms with E-state index in [1.807, 2.05) is 6.07 Å². The number of nitrogens with zero attached hydrogens (tertiary/aromatic N) is 3. The summed E-state index contributed by atoms with van der Waals surface area (Å²) in [5.74, 6) is 0.799. The number of hydrogen-bond donors (Lipinski definition) is 3. The molecule has 1 aliphatic rings. The molecule has 26 heavy (non-hydrogen) atoms. The largest absolute Gasteiger partial charge is 0.394 e. The number of anilines is 1. The molecule has 4 heterocycles. The lowest BCUT2D eigenvalue weighted by atomic mass is 10.2. The molecule has 10 heteroatoms. The molecular formula is C16H17N5O4S. The topological polar surface area (TPSA) is 124 Å². The Labute approximate surface area is 151 Å². The average molecular weight is 375 g/mol. The number of ether oxygens (including phenoxy) is 1. The van der Waals surface area contributed by atoms with Gasteiger partial charge in [0.15, 0.2) is 0 Å². The van der Waals surface area contributed by atoms with Gasteiger partial charge in [0.25, 0.3) is 5.56 Å². The van der Waals surface area contributed by atoms with Gasteiger partial charge in [0.1, 0.15) is 17.0 Å². The van der Waals surface area contributed by atoms with Crippen LogP contribution in [-0.4, -0.2) is 57.4 Å². The molecular weight excluding hydrogens is 358 g/mol. The SMILES string of the molecule is O=c1[nH]cc(-c2cc3c(N4CCC(OCCO)C4)ncnc3s2)c(=O)[nH]1. The number of rotatable bonds is 5. The molecule has 0 spiro atoms. The lowest BCUT2D eigenvalue weighted by molar-refractivity contribution is 0.0411. The van der Waals surface area contributed by atoms with Crippen molar-refractivity contribution in [2.45, 2.75) is 12.5 Å². The lowest BCUT2D eigenvalue weighted by Crippen LogP contribution is -2.24. The summed E-state index contributed by atoms with van der Waals surface area (Å²) in [4.78, 5) is 40.3. The lowest BCUT2D eigenvalue weighted by Gasteiger charge is -2.18. The Kier molecular flexibility index (Phi) is 4.53. The first kappa shape index (κ1) is 16.9. The van der Waals surface area contributed by atoms with Crippen molar-refractivity contribution in [2.75, 3.05) is 31.2 Å². The van der Waals surface area contributed by atoms with Crippen LogP contribution in [0.1, 0.15) is 6.42 Å². The third-order valence-corrected chi connectivity index (χ3v) is 5.36. The summed E-state index contributed by atoms with van der Waals surface area (Å²) in [6.07, 6.45) is 3.85. The van der Waals surface area contributed by atoms with Crippen LogP contribution in [0.25, 0.3) is 20.7 Å². The van der Waals surface area contributed by atoms with Crippen molar-refractivity contribution >= 4 is 27.4 Å². The standard InChI is InChI=1S/C16H17N5O4S/c22-3-4-25-9-1-2-21(7-9)13-10-5-12(26-15(10)19-8-18-13)11-6-17-16(24)20-14(11)23/h5-6,8-9,22H,1-4,7H2,(H2,17,20,23,24). The number of thiophene rings is 1. The van der Waals surface area contributed by atoms with Gasteiger partial charge in [-0.15, -0.1) is 11.3 Å². The Morgan fingerprint density at radius 2 is 2.27 bits per heavy atom. The highest BCUT2D eigenvalue weighted by Gasteiger charge is 2.26. The third kappa shape index (κ3) is 3.14. The fourth-order valence-electron chi connectivity index (χ4n) is 3.10. The van der Waals surface area contributed by atoms with Crippen molar-refractivity contribution in [2.24, 2.45) is 0 Å². The van der Waals surface area contributed by atoms with Gasteiger partial charge in [0.05, 0.1) is 30.3 Å². The summed E-state index contributed by atoms with van der Waals surface area (Å²) in [7, 11) is 0. The van der Waals surface area contributed by atoms with Gasteiger partial charge in [-0.05, 0) is 12.5 Å². The zero-order valence-corrected chi connectivity index (χ0v) is 14.6. The Morgan fingerprint density at radius 1 is 1.38 bits per heavy atom. The molecule has 3 aromatic rings. The second-order valence-electron chi connectivity index (χ2n) is 5.96. The summed E-state index contributed by atoms with van der Waals surface area (Å²) in [5, 5.41) is 9.76. The van der Waals surface area contributed by atoms with Crippen LogP contribution in [-0.2, 0) is 4.74 Å². The van der Waals surface area contributed by atoms with E-state index in [9.17, 15) is 9.59 Å². The van der Waals surface area contributed by atoms with Crippen LogP contribution >= 0.6 is 11.3 Å². The number of aromatic amines is 2. The molecule has 0 aliphatic carbocycles. The van der Waals surface area contributed by atoms with E-state index in [1.165, 1.54) is 23.9 Å². The number of H-pyrrole nitrogens is 2. The molecule has 0 saturated carbocycles. The van der Waals surface area contributed by atoms with Gasteiger partial charge < -0.3 is 19.7 Å². The monoisotopic (exact) mass is 375 g/mol. The van der Waals surface area contributed by atoms with E-state index in [0.29, 0.717) is 23.6 Å². The zero-order valence-electron chi connectivity index (χ0n) is 13.8. The van der Waals surface area contributed by atoms with Crippen molar-refractivity contribution in [3.63, 3.8) is 0 Å². The molecule has 1 aliphatic heterocycles. The first-order valence-corrected chi connectivity index (χ1v) is 9.01.